The van der Waals surface area contributed by atoms with E-state index in [0.717, 1.165) is 5.56 Å². The summed E-state index contributed by atoms with van der Waals surface area (Å²) in [6, 6.07) is 9.31. The first-order chi connectivity index (χ1) is 7.20. The lowest BCUT2D eigenvalue weighted by molar-refractivity contribution is -0.00682. The fourth-order valence-corrected chi connectivity index (χ4v) is 2.01. The third-order valence-electron chi connectivity index (χ3n) is 2.98. The first-order valence-corrected chi connectivity index (χ1v) is 5.63. The summed E-state index contributed by atoms with van der Waals surface area (Å²) in [4.78, 5) is 0. The summed E-state index contributed by atoms with van der Waals surface area (Å²) in [6.07, 6.45) is -0.0746. The van der Waals surface area contributed by atoms with Gasteiger partial charge in [-0.1, -0.05) is 37.3 Å². The number of alkyl halides is 1. The van der Waals surface area contributed by atoms with Crippen molar-refractivity contribution >= 4 is 11.6 Å². The Kier molecular flexibility index (Phi) is 4.58. The third-order valence-corrected chi connectivity index (χ3v) is 3.51. The molecule has 0 saturated carbocycles. The van der Waals surface area contributed by atoms with Gasteiger partial charge in [-0.05, 0) is 12.0 Å². The number of benzene rings is 1. The molecular weight excluding hydrogens is 212 g/mol. The van der Waals surface area contributed by atoms with Gasteiger partial charge < -0.3 is 10.2 Å². The van der Waals surface area contributed by atoms with Crippen LogP contribution in [0.3, 0.4) is 0 Å². The Bertz CT molecular complexity index is 275. The first kappa shape index (κ1) is 12.5. The molecule has 2 nitrogen and oxygen atoms in total. The van der Waals surface area contributed by atoms with Gasteiger partial charge in [0.15, 0.2) is 0 Å². The molecule has 84 valence electrons. The average Bonchev–Trinajstić information content (AvgIpc) is 2.33. The SMILES string of the molecule is CC[C@](CO)(CCl)[C@@H](O)c1ccccc1. The molecule has 15 heavy (non-hydrogen) atoms. The fourth-order valence-electron chi connectivity index (χ4n) is 1.59. The molecule has 0 radical (unpaired) electrons. The Hall–Kier alpha value is -0.570. The largest absolute Gasteiger partial charge is 0.396 e. The first-order valence-electron chi connectivity index (χ1n) is 5.10. The van der Waals surface area contributed by atoms with Crippen LogP contribution in [0.1, 0.15) is 25.0 Å². The van der Waals surface area contributed by atoms with E-state index in [-0.39, 0.29) is 12.5 Å². The molecule has 0 unspecified atom stereocenters. The number of halogens is 1. The summed E-state index contributed by atoms with van der Waals surface area (Å²) in [6.45, 7) is 1.81. The lowest BCUT2D eigenvalue weighted by Gasteiger charge is -2.33. The van der Waals surface area contributed by atoms with Gasteiger partial charge >= 0.3 is 0 Å². The molecule has 0 saturated heterocycles. The van der Waals surface area contributed by atoms with Crippen molar-refractivity contribution in [2.24, 2.45) is 5.41 Å². The van der Waals surface area contributed by atoms with Gasteiger partial charge in [0.05, 0.1) is 12.7 Å². The van der Waals surface area contributed by atoms with Crippen LogP contribution < -0.4 is 0 Å². The predicted octanol–water partition coefficient (Wildman–Crippen LogP) is 2.35. The summed E-state index contributed by atoms with van der Waals surface area (Å²) in [5, 5.41) is 19.6. The monoisotopic (exact) mass is 228 g/mol. The number of aliphatic hydroxyl groups excluding tert-OH is 2. The Balaban J connectivity index is 2.95. The molecule has 1 rings (SSSR count). The summed E-state index contributed by atoms with van der Waals surface area (Å²) in [5.41, 5.74) is 0.164. The minimum atomic E-state index is -0.716. The third kappa shape index (κ3) is 2.51. The van der Waals surface area contributed by atoms with E-state index in [2.05, 4.69) is 0 Å². The predicted molar refractivity (Wildman–Crippen MR) is 61.9 cm³/mol. The van der Waals surface area contributed by atoms with Crippen molar-refractivity contribution in [1.29, 1.82) is 0 Å². The van der Waals surface area contributed by atoms with Crippen LogP contribution in [0, 0.1) is 5.41 Å². The number of hydrogen-bond donors (Lipinski definition) is 2. The molecule has 2 atom stereocenters. The van der Waals surface area contributed by atoms with Gasteiger partial charge in [0, 0.05) is 11.3 Å². The zero-order valence-corrected chi connectivity index (χ0v) is 9.61. The van der Waals surface area contributed by atoms with Crippen molar-refractivity contribution in [3.8, 4) is 0 Å². The summed E-state index contributed by atoms with van der Waals surface area (Å²) in [7, 11) is 0. The van der Waals surface area contributed by atoms with E-state index in [4.69, 9.17) is 11.6 Å². The maximum Gasteiger partial charge on any atom is 0.0879 e. The Morgan fingerprint density at radius 3 is 2.33 bits per heavy atom. The molecule has 3 heteroatoms. The quantitative estimate of drug-likeness (QED) is 0.760. The van der Waals surface area contributed by atoms with E-state index in [1.807, 2.05) is 37.3 Å². The second kappa shape index (κ2) is 5.50. The lowest BCUT2D eigenvalue weighted by atomic mass is 9.79. The van der Waals surface area contributed by atoms with Crippen molar-refractivity contribution in [2.45, 2.75) is 19.4 Å². The smallest absolute Gasteiger partial charge is 0.0879 e. The zero-order chi connectivity index (χ0) is 11.3. The molecule has 0 bridgehead atoms. The highest BCUT2D eigenvalue weighted by Crippen LogP contribution is 2.37. The fraction of sp³-hybridized carbons (Fsp3) is 0.500. The molecule has 0 amide bonds. The highest BCUT2D eigenvalue weighted by atomic mass is 35.5. The van der Waals surface area contributed by atoms with Crippen LogP contribution in [-0.4, -0.2) is 22.7 Å². The molecule has 0 aromatic heterocycles. The molecule has 0 fully saturated rings. The molecule has 1 aromatic rings. The lowest BCUT2D eigenvalue weighted by Crippen LogP contribution is -2.34. The van der Waals surface area contributed by atoms with Gasteiger partial charge in [-0.2, -0.15) is 0 Å². The topological polar surface area (TPSA) is 40.5 Å². The van der Waals surface area contributed by atoms with Gasteiger partial charge in [0.2, 0.25) is 0 Å². The number of rotatable bonds is 5. The van der Waals surface area contributed by atoms with Gasteiger partial charge in [-0.3, -0.25) is 0 Å². The van der Waals surface area contributed by atoms with E-state index in [1.165, 1.54) is 0 Å². The molecular formula is C12H17ClO2. The molecule has 2 N–H and O–H groups in total. The van der Waals surface area contributed by atoms with Crippen LogP contribution in [0.2, 0.25) is 0 Å². The molecule has 0 spiro atoms. The van der Waals surface area contributed by atoms with Crippen LogP contribution >= 0.6 is 11.6 Å². The molecule has 0 aliphatic rings. The summed E-state index contributed by atoms with van der Waals surface area (Å²) >= 11 is 5.85. The Labute approximate surface area is 95.5 Å². The molecule has 0 aliphatic carbocycles. The Morgan fingerprint density at radius 2 is 1.93 bits per heavy atom. The molecule has 0 heterocycles. The van der Waals surface area contributed by atoms with Crippen molar-refractivity contribution in [1.82, 2.24) is 0 Å². The van der Waals surface area contributed by atoms with E-state index in [9.17, 15) is 10.2 Å². The molecule has 1 aromatic carbocycles. The summed E-state index contributed by atoms with van der Waals surface area (Å²) < 4.78 is 0. The highest BCUT2D eigenvalue weighted by molar-refractivity contribution is 6.18. The number of aliphatic hydroxyl groups is 2. The maximum atomic E-state index is 10.2. The van der Waals surface area contributed by atoms with Crippen LogP contribution in [0.4, 0.5) is 0 Å². The van der Waals surface area contributed by atoms with Crippen LogP contribution in [0.25, 0.3) is 0 Å². The minimum Gasteiger partial charge on any atom is -0.396 e. The second-order valence-corrected chi connectivity index (χ2v) is 4.09. The van der Waals surface area contributed by atoms with Crippen molar-refractivity contribution in [3.63, 3.8) is 0 Å². The van der Waals surface area contributed by atoms with E-state index in [1.54, 1.807) is 0 Å². The zero-order valence-electron chi connectivity index (χ0n) is 8.86. The number of hydrogen-bond acceptors (Lipinski definition) is 2. The molecule has 0 aliphatic heterocycles. The van der Waals surface area contributed by atoms with Crippen molar-refractivity contribution < 1.29 is 10.2 Å². The van der Waals surface area contributed by atoms with Gasteiger partial charge in [0.25, 0.3) is 0 Å². The maximum absolute atomic E-state index is 10.2. The van der Waals surface area contributed by atoms with Crippen molar-refractivity contribution in [3.05, 3.63) is 35.9 Å². The standard InChI is InChI=1S/C12H17ClO2/c1-2-12(8-13,9-14)11(15)10-6-4-3-5-7-10/h3-7,11,14-15H,2,8-9H2,1H3/t11-,12+/m0/s1. The normalized spacial score (nSPS) is 17.1. The van der Waals surface area contributed by atoms with E-state index in [0.29, 0.717) is 6.42 Å². The van der Waals surface area contributed by atoms with Crippen LogP contribution in [-0.2, 0) is 0 Å². The van der Waals surface area contributed by atoms with E-state index < -0.39 is 11.5 Å². The second-order valence-electron chi connectivity index (χ2n) is 3.82. The van der Waals surface area contributed by atoms with Gasteiger partial charge in [-0.25, -0.2) is 0 Å². The van der Waals surface area contributed by atoms with Crippen molar-refractivity contribution in [2.75, 3.05) is 12.5 Å². The summed E-state index contributed by atoms with van der Waals surface area (Å²) in [5.74, 6) is 0.246. The highest BCUT2D eigenvalue weighted by Gasteiger charge is 2.35. The Morgan fingerprint density at radius 1 is 1.33 bits per heavy atom. The van der Waals surface area contributed by atoms with Gasteiger partial charge in [0.1, 0.15) is 0 Å². The van der Waals surface area contributed by atoms with Gasteiger partial charge in [-0.15, -0.1) is 11.6 Å². The van der Waals surface area contributed by atoms with Crippen LogP contribution in [0.15, 0.2) is 30.3 Å². The van der Waals surface area contributed by atoms with E-state index >= 15 is 0 Å². The van der Waals surface area contributed by atoms with Crippen LogP contribution in [0.5, 0.6) is 0 Å². The average molecular weight is 229 g/mol. The minimum absolute atomic E-state index is 0.108.